The minimum atomic E-state index is -0.306. The van der Waals surface area contributed by atoms with Crippen molar-refractivity contribution >= 4 is 16.3 Å². The molecule has 0 spiro atoms. The first-order chi connectivity index (χ1) is 12.7. The summed E-state index contributed by atoms with van der Waals surface area (Å²) >= 11 is 1.43. The Morgan fingerprint density at radius 3 is 2.65 bits per heavy atom. The Hall–Kier alpha value is -3.00. The third-order valence-electron chi connectivity index (χ3n) is 3.65. The normalized spacial score (nSPS) is 11.0. The van der Waals surface area contributed by atoms with Crippen molar-refractivity contribution in [2.45, 2.75) is 13.5 Å². The van der Waals surface area contributed by atoms with Crippen molar-refractivity contribution in [1.29, 1.82) is 0 Å². The summed E-state index contributed by atoms with van der Waals surface area (Å²) in [6.45, 7) is 2.71. The second-order valence-electron chi connectivity index (χ2n) is 5.39. The number of nitrogens with zero attached hydrogens (tertiary/aromatic N) is 4. The Morgan fingerprint density at radius 2 is 1.85 bits per heavy atom. The van der Waals surface area contributed by atoms with Crippen LogP contribution in [0, 0.1) is 5.82 Å². The molecule has 26 heavy (non-hydrogen) atoms. The Bertz CT molecular complexity index is 1030. The Kier molecular flexibility index (Phi) is 4.49. The standard InChI is InChI=1S/C18H15FN4O2S/c1-2-24-15-6-4-3-5-14(15)17-22-23-16(20-21-18(23)26-17)11-25-13-9-7-12(19)8-10-13/h3-10H,2,11H2,1H3. The number of hydrogen-bond donors (Lipinski definition) is 0. The Morgan fingerprint density at radius 1 is 1.04 bits per heavy atom. The number of hydrogen-bond acceptors (Lipinski definition) is 6. The zero-order chi connectivity index (χ0) is 17.9. The van der Waals surface area contributed by atoms with Crippen molar-refractivity contribution in [3.8, 4) is 22.1 Å². The van der Waals surface area contributed by atoms with Gasteiger partial charge in [-0.25, -0.2) is 4.39 Å². The second kappa shape index (κ2) is 7.09. The Labute approximate surface area is 152 Å². The first kappa shape index (κ1) is 16.5. The topological polar surface area (TPSA) is 61.5 Å². The third-order valence-corrected chi connectivity index (χ3v) is 4.59. The molecule has 0 saturated heterocycles. The fourth-order valence-electron chi connectivity index (χ4n) is 2.46. The van der Waals surface area contributed by atoms with Gasteiger partial charge in [0.15, 0.2) is 10.8 Å². The zero-order valence-electron chi connectivity index (χ0n) is 13.9. The summed E-state index contributed by atoms with van der Waals surface area (Å²) in [5, 5.41) is 13.7. The van der Waals surface area contributed by atoms with Crippen LogP contribution in [0.15, 0.2) is 48.5 Å². The van der Waals surface area contributed by atoms with E-state index in [4.69, 9.17) is 9.47 Å². The fraction of sp³-hybridized carbons (Fsp3) is 0.167. The van der Waals surface area contributed by atoms with Crippen LogP contribution in [0.25, 0.3) is 15.5 Å². The number of halogens is 1. The van der Waals surface area contributed by atoms with Crippen LogP contribution in [0.5, 0.6) is 11.5 Å². The van der Waals surface area contributed by atoms with Crippen LogP contribution in [-0.2, 0) is 6.61 Å². The van der Waals surface area contributed by atoms with E-state index in [1.165, 1.54) is 23.5 Å². The van der Waals surface area contributed by atoms with Gasteiger partial charge < -0.3 is 9.47 Å². The van der Waals surface area contributed by atoms with E-state index in [9.17, 15) is 4.39 Å². The van der Waals surface area contributed by atoms with Crippen LogP contribution < -0.4 is 9.47 Å². The van der Waals surface area contributed by atoms with Gasteiger partial charge in [0.05, 0.1) is 12.2 Å². The minimum absolute atomic E-state index is 0.184. The van der Waals surface area contributed by atoms with Gasteiger partial charge in [0.2, 0.25) is 4.96 Å². The summed E-state index contributed by atoms with van der Waals surface area (Å²) < 4.78 is 25.9. The lowest BCUT2D eigenvalue weighted by molar-refractivity contribution is 0.292. The quantitative estimate of drug-likeness (QED) is 0.514. The van der Waals surface area contributed by atoms with E-state index in [1.54, 1.807) is 16.6 Å². The van der Waals surface area contributed by atoms with E-state index in [-0.39, 0.29) is 12.4 Å². The van der Waals surface area contributed by atoms with Gasteiger partial charge in [-0.05, 0) is 43.3 Å². The maximum absolute atomic E-state index is 13.0. The minimum Gasteiger partial charge on any atom is -0.493 e. The molecule has 0 bridgehead atoms. The number of benzene rings is 2. The summed E-state index contributed by atoms with van der Waals surface area (Å²) in [6.07, 6.45) is 0. The van der Waals surface area contributed by atoms with Crippen LogP contribution in [0.3, 0.4) is 0 Å². The molecule has 0 N–H and O–H groups in total. The number of para-hydroxylation sites is 1. The summed E-state index contributed by atoms with van der Waals surface area (Å²) in [6, 6.07) is 13.6. The van der Waals surface area contributed by atoms with Gasteiger partial charge in [-0.15, -0.1) is 10.2 Å². The lowest BCUT2D eigenvalue weighted by atomic mass is 10.2. The SMILES string of the molecule is CCOc1ccccc1-c1nn2c(COc3ccc(F)cc3)nnc2s1. The van der Waals surface area contributed by atoms with Crippen molar-refractivity contribution in [3.63, 3.8) is 0 Å². The molecule has 0 aliphatic heterocycles. The molecular formula is C18H15FN4O2S. The fourth-order valence-corrected chi connectivity index (χ4v) is 3.35. The molecule has 4 aromatic rings. The number of ether oxygens (including phenoxy) is 2. The molecular weight excluding hydrogens is 355 g/mol. The van der Waals surface area contributed by atoms with E-state index in [0.29, 0.717) is 23.1 Å². The summed E-state index contributed by atoms with van der Waals surface area (Å²) in [4.78, 5) is 0.670. The van der Waals surface area contributed by atoms with Crippen molar-refractivity contribution < 1.29 is 13.9 Å². The van der Waals surface area contributed by atoms with Crippen molar-refractivity contribution in [2.24, 2.45) is 0 Å². The van der Waals surface area contributed by atoms with Crippen molar-refractivity contribution in [1.82, 2.24) is 19.8 Å². The molecule has 0 fully saturated rings. The van der Waals surface area contributed by atoms with Gasteiger partial charge in [-0.3, -0.25) is 0 Å². The molecule has 0 atom stereocenters. The van der Waals surface area contributed by atoms with Crippen LogP contribution in [0.4, 0.5) is 4.39 Å². The molecule has 2 aromatic heterocycles. The average molecular weight is 370 g/mol. The molecule has 132 valence electrons. The highest BCUT2D eigenvalue weighted by Gasteiger charge is 2.16. The predicted molar refractivity (Wildman–Crippen MR) is 96.0 cm³/mol. The summed E-state index contributed by atoms with van der Waals surface area (Å²) in [7, 11) is 0. The van der Waals surface area contributed by atoms with E-state index >= 15 is 0 Å². The van der Waals surface area contributed by atoms with E-state index in [2.05, 4.69) is 15.3 Å². The molecule has 0 aliphatic rings. The molecule has 4 rings (SSSR count). The molecule has 0 unspecified atom stereocenters. The maximum atomic E-state index is 13.0. The Balaban J connectivity index is 1.60. The smallest absolute Gasteiger partial charge is 0.235 e. The molecule has 6 nitrogen and oxygen atoms in total. The first-order valence-electron chi connectivity index (χ1n) is 8.06. The highest BCUT2D eigenvalue weighted by Crippen LogP contribution is 2.33. The van der Waals surface area contributed by atoms with E-state index in [0.717, 1.165) is 16.3 Å². The highest BCUT2D eigenvalue weighted by molar-refractivity contribution is 7.19. The van der Waals surface area contributed by atoms with E-state index < -0.39 is 0 Å². The van der Waals surface area contributed by atoms with Crippen LogP contribution in [0.2, 0.25) is 0 Å². The highest BCUT2D eigenvalue weighted by atomic mass is 32.1. The van der Waals surface area contributed by atoms with Crippen LogP contribution in [0.1, 0.15) is 12.7 Å². The molecule has 0 radical (unpaired) electrons. The van der Waals surface area contributed by atoms with Crippen molar-refractivity contribution in [3.05, 3.63) is 60.2 Å². The van der Waals surface area contributed by atoms with Crippen LogP contribution in [-0.4, -0.2) is 26.4 Å². The monoisotopic (exact) mass is 370 g/mol. The summed E-state index contributed by atoms with van der Waals surface area (Å²) in [5.41, 5.74) is 0.912. The van der Waals surface area contributed by atoms with Gasteiger partial charge >= 0.3 is 0 Å². The molecule has 2 heterocycles. The second-order valence-corrected chi connectivity index (χ2v) is 6.35. The van der Waals surface area contributed by atoms with Crippen molar-refractivity contribution in [2.75, 3.05) is 6.61 Å². The zero-order valence-corrected chi connectivity index (χ0v) is 14.7. The van der Waals surface area contributed by atoms with E-state index in [1.807, 2.05) is 31.2 Å². The number of fused-ring (bicyclic) bond motifs is 1. The molecule has 2 aromatic carbocycles. The molecule has 0 aliphatic carbocycles. The third kappa shape index (κ3) is 3.23. The average Bonchev–Trinajstić information content (AvgIpc) is 3.23. The van der Waals surface area contributed by atoms with Gasteiger partial charge in [0.1, 0.15) is 23.9 Å². The maximum Gasteiger partial charge on any atom is 0.235 e. The largest absolute Gasteiger partial charge is 0.493 e. The lowest BCUT2D eigenvalue weighted by Crippen LogP contribution is -2.02. The predicted octanol–water partition coefficient (Wildman–Crippen LogP) is 3.97. The molecule has 0 saturated carbocycles. The van der Waals surface area contributed by atoms with Gasteiger partial charge in [-0.1, -0.05) is 23.5 Å². The summed E-state index contributed by atoms with van der Waals surface area (Å²) in [5.74, 6) is 1.60. The number of aromatic nitrogens is 4. The number of rotatable bonds is 6. The molecule has 8 heteroatoms. The molecule has 0 amide bonds. The van der Waals surface area contributed by atoms with Gasteiger partial charge in [-0.2, -0.15) is 9.61 Å². The first-order valence-corrected chi connectivity index (χ1v) is 8.88. The van der Waals surface area contributed by atoms with Crippen LogP contribution >= 0.6 is 11.3 Å². The lowest BCUT2D eigenvalue weighted by Gasteiger charge is -2.06. The van der Waals surface area contributed by atoms with Gasteiger partial charge in [0.25, 0.3) is 0 Å². The van der Waals surface area contributed by atoms with Gasteiger partial charge in [0, 0.05) is 0 Å².